The first kappa shape index (κ1) is 36.0. The summed E-state index contributed by atoms with van der Waals surface area (Å²) in [4.78, 5) is 17.5. The number of ether oxygens (including phenoxy) is 1. The minimum atomic E-state index is -6.06. The van der Waals surface area contributed by atoms with Crippen LogP contribution in [0.25, 0.3) is 25.6 Å². The molecular formula is C31H36F3NO5S4. The summed E-state index contributed by atoms with van der Waals surface area (Å²) in [6, 6.07) is 9.91. The predicted octanol–water partition coefficient (Wildman–Crippen LogP) is 9.72. The first-order chi connectivity index (χ1) is 20.9. The van der Waals surface area contributed by atoms with Gasteiger partial charge in [0, 0.05) is 24.4 Å². The van der Waals surface area contributed by atoms with Crippen LogP contribution in [-0.4, -0.2) is 37.0 Å². The van der Waals surface area contributed by atoms with Gasteiger partial charge < -0.3 is 4.74 Å². The fourth-order valence-electron chi connectivity index (χ4n) is 4.49. The maximum atomic E-state index is 13.8. The molecule has 0 aliphatic rings. The van der Waals surface area contributed by atoms with E-state index < -0.39 is 39.7 Å². The van der Waals surface area contributed by atoms with Crippen molar-refractivity contribution in [1.29, 1.82) is 5.26 Å². The van der Waals surface area contributed by atoms with Crippen LogP contribution >= 0.6 is 34.0 Å². The molecule has 3 aromatic heterocycles. The molecule has 0 amide bonds. The Hall–Kier alpha value is -2.50. The number of carbonyl (C=O) groups excluding carboxylic acids is 1. The maximum Gasteiger partial charge on any atom is 0.403 e. The summed E-state index contributed by atoms with van der Waals surface area (Å²) in [5.74, 6) is -1.39. The molecule has 3 rings (SSSR count). The first-order valence-corrected chi connectivity index (χ1v) is 18.5. The Morgan fingerprint density at radius 3 is 2.20 bits per heavy atom. The number of nitrogens with zero attached hydrogens (tertiary/aromatic N) is 1. The number of hydrogen-bond acceptors (Lipinski definition) is 8. The molecular weight excluding hydrogens is 652 g/mol. The number of alkyl halides is 3. The molecule has 0 aromatic carbocycles. The van der Waals surface area contributed by atoms with Gasteiger partial charge in [0.05, 0.1) is 0 Å². The van der Waals surface area contributed by atoms with E-state index in [-0.39, 0.29) is 0 Å². The zero-order valence-electron chi connectivity index (χ0n) is 24.6. The fraction of sp³-hybridized carbons (Fsp3) is 0.484. The number of carbonyl (C=O) groups is 1. The molecule has 0 aliphatic carbocycles. The van der Waals surface area contributed by atoms with Crippen molar-refractivity contribution in [2.45, 2.75) is 89.5 Å². The van der Waals surface area contributed by atoms with Crippen molar-refractivity contribution in [3.63, 3.8) is 0 Å². The quantitative estimate of drug-likeness (QED) is 0.0470. The van der Waals surface area contributed by atoms with Crippen molar-refractivity contribution < 1.29 is 35.7 Å². The fourth-order valence-corrected chi connectivity index (χ4v) is 8.31. The molecule has 6 nitrogen and oxygen atoms in total. The van der Waals surface area contributed by atoms with Crippen molar-refractivity contribution in [3.8, 4) is 25.6 Å². The van der Waals surface area contributed by atoms with Crippen LogP contribution in [0.2, 0.25) is 0 Å². The highest BCUT2D eigenvalue weighted by atomic mass is 32.2. The average Bonchev–Trinajstić information content (AvgIpc) is 3.74. The lowest BCUT2D eigenvalue weighted by Gasteiger charge is -2.17. The molecule has 1 N–H and O–H groups in total. The van der Waals surface area contributed by atoms with Crippen LogP contribution in [0.1, 0.15) is 81.2 Å². The van der Waals surface area contributed by atoms with Crippen LogP contribution in [0.5, 0.6) is 0 Å². The van der Waals surface area contributed by atoms with Crippen LogP contribution in [-0.2, 0) is 32.5 Å². The van der Waals surface area contributed by atoms with Gasteiger partial charge in [-0.15, -0.1) is 34.0 Å². The second-order valence-corrected chi connectivity index (χ2v) is 14.9. The van der Waals surface area contributed by atoms with Gasteiger partial charge in [-0.05, 0) is 72.5 Å². The van der Waals surface area contributed by atoms with E-state index in [0.717, 1.165) is 60.3 Å². The topological polar surface area (TPSA) is 104 Å². The van der Waals surface area contributed by atoms with Crippen LogP contribution in [0, 0.1) is 11.3 Å². The molecule has 1 atom stereocenters. The Morgan fingerprint density at radius 2 is 1.61 bits per heavy atom. The zero-order chi connectivity index (χ0) is 32.3. The highest BCUT2D eigenvalue weighted by Crippen LogP contribution is 2.43. The second-order valence-electron chi connectivity index (χ2n) is 10.3. The molecule has 0 saturated heterocycles. The number of nitriles is 1. The number of thiophene rings is 3. The Balaban J connectivity index is 1.85. The van der Waals surface area contributed by atoms with Gasteiger partial charge in [-0.1, -0.05) is 52.4 Å². The highest BCUT2D eigenvalue weighted by Gasteiger charge is 2.53. The molecule has 13 heteroatoms. The number of halogens is 3. The average molecular weight is 688 g/mol. The van der Waals surface area contributed by atoms with Gasteiger partial charge in [0.2, 0.25) is 6.17 Å². The van der Waals surface area contributed by atoms with Gasteiger partial charge in [-0.25, -0.2) is 9.18 Å². The monoisotopic (exact) mass is 687 g/mol. The van der Waals surface area contributed by atoms with Gasteiger partial charge in [0.15, 0.2) is 0 Å². The molecule has 1 unspecified atom stereocenters. The lowest BCUT2D eigenvalue weighted by atomic mass is 10.1. The summed E-state index contributed by atoms with van der Waals surface area (Å²) in [5.41, 5.74) is 1.84. The zero-order valence-corrected chi connectivity index (χ0v) is 27.9. The highest BCUT2D eigenvalue weighted by molar-refractivity contribution is 7.86. The number of esters is 1. The molecule has 240 valence electrons. The van der Waals surface area contributed by atoms with Gasteiger partial charge in [0.1, 0.15) is 18.2 Å². The Bertz CT molecular complexity index is 1570. The van der Waals surface area contributed by atoms with Crippen molar-refractivity contribution in [2.24, 2.45) is 0 Å². The molecule has 44 heavy (non-hydrogen) atoms. The number of rotatable bonds is 18. The van der Waals surface area contributed by atoms with Gasteiger partial charge in [0.25, 0.3) is 0 Å². The molecule has 0 bridgehead atoms. The van der Waals surface area contributed by atoms with E-state index in [1.54, 1.807) is 28.7 Å². The van der Waals surface area contributed by atoms with Crippen molar-refractivity contribution in [2.75, 3.05) is 6.61 Å². The van der Waals surface area contributed by atoms with Crippen LogP contribution < -0.4 is 0 Å². The van der Waals surface area contributed by atoms with Crippen LogP contribution in [0.15, 0.2) is 35.2 Å². The minimum absolute atomic E-state index is 0.557. The third-order valence-electron chi connectivity index (χ3n) is 6.92. The molecule has 0 fully saturated rings. The third-order valence-corrected chi connectivity index (χ3v) is 11.4. The lowest BCUT2D eigenvalue weighted by molar-refractivity contribution is -0.143. The van der Waals surface area contributed by atoms with Gasteiger partial charge in [-0.3, -0.25) is 4.55 Å². The van der Waals surface area contributed by atoms with E-state index in [0.29, 0.717) is 4.88 Å². The Kier molecular flexibility index (Phi) is 13.7. The van der Waals surface area contributed by atoms with Crippen LogP contribution in [0.4, 0.5) is 13.2 Å². The van der Waals surface area contributed by atoms with Crippen molar-refractivity contribution in [3.05, 3.63) is 51.2 Å². The summed E-state index contributed by atoms with van der Waals surface area (Å²) in [6.45, 7) is 2.66. The van der Waals surface area contributed by atoms with E-state index in [2.05, 4.69) is 42.2 Å². The van der Waals surface area contributed by atoms with E-state index in [9.17, 15) is 31.6 Å². The summed E-state index contributed by atoms with van der Waals surface area (Å²) in [5, 5.41) is 6.49. The smallest absolute Gasteiger partial charge is 0.403 e. The van der Waals surface area contributed by atoms with Crippen LogP contribution in [0.3, 0.4) is 0 Å². The lowest BCUT2D eigenvalue weighted by Crippen LogP contribution is -2.41. The van der Waals surface area contributed by atoms with Gasteiger partial charge >= 0.3 is 21.3 Å². The predicted molar refractivity (Wildman–Crippen MR) is 173 cm³/mol. The largest absolute Gasteiger partial charge is 0.458 e. The number of aryl methyl sites for hydroxylation is 2. The van der Waals surface area contributed by atoms with Gasteiger partial charge in [-0.2, -0.15) is 22.5 Å². The second kappa shape index (κ2) is 16.7. The summed E-state index contributed by atoms with van der Waals surface area (Å²) in [7, 11) is -6.06. The SMILES string of the molecule is CCCCCCc1ccsc1-c1ccc(-c2sc(/C=C(\C#N)C(=O)OCC(F)C(F)(F)S(=O)(=O)O)cc2CCCCCC)s1. The molecule has 0 saturated carbocycles. The van der Waals surface area contributed by atoms with E-state index in [1.807, 2.05) is 6.07 Å². The normalized spacial score (nSPS) is 13.2. The molecule has 0 radical (unpaired) electrons. The number of hydrogen-bond donors (Lipinski definition) is 1. The number of unbranched alkanes of at least 4 members (excludes halogenated alkanes) is 6. The standard InChI is InChI=1S/C31H36F3NO5S4/c1-3-5-7-9-11-21-15-16-41-28(21)25-13-14-26(43-25)29-22(12-10-8-6-4-2)17-24(42-29)18-23(19-35)30(36)40-20-27(32)31(33,34)44(37,38)39/h13-18,27H,3-12,20H2,1-2H3,(H,37,38,39)/b23-18+. The van der Waals surface area contributed by atoms with E-state index >= 15 is 0 Å². The van der Waals surface area contributed by atoms with E-state index in [4.69, 9.17) is 4.55 Å². The molecule has 0 spiro atoms. The third kappa shape index (κ3) is 9.50. The minimum Gasteiger partial charge on any atom is -0.458 e. The summed E-state index contributed by atoms with van der Waals surface area (Å²) >= 11 is 4.78. The van der Waals surface area contributed by atoms with Crippen molar-refractivity contribution >= 4 is 56.2 Å². The molecule has 3 aromatic rings. The van der Waals surface area contributed by atoms with E-state index in [1.165, 1.54) is 52.0 Å². The summed E-state index contributed by atoms with van der Waals surface area (Å²) in [6.07, 6.45) is 8.53. The molecule has 0 aliphatic heterocycles. The summed E-state index contributed by atoms with van der Waals surface area (Å²) < 4.78 is 75.3. The first-order valence-electron chi connectivity index (χ1n) is 14.5. The Morgan fingerprint density at radius 1 is 1.00 bits per heavy atom. The maximum absolute atomic E-state index is 13.8. The van der Waals surface area contributed by atoms with Crippen molar-refractivity contribution in [1.82, 2.24) is 0 Å². The molecule has 3 heterocycles. The Labute approximate surface area is 269 Å².